The van der Waals surface area contributed by atoms with Gasteiger partial charge < -0.3 is 18.6 Å². The Bertz CT molecular complexity index is 2490. The van der Waals surface area contributed by atoms with Crippen LogP contribution in [0.1, 0.15) is 5.56 Å². The van der Waals surface area contributed by atoms with Crippen molar-refractivity contribution in [1.82, 2.24) is 13.7 Å². The predicted octanol–water partition coefficient (Wildman–Crippen LogP) is 10.4. The number of hydrogen-bond donors (Lipinski definition) is 0. The summed E-state index contributed by atoms with van der Waals surface area (Å²) in [5, 5.41) is 7.69. The molecule has 0 unspecified atom stereocenters. The second-order valence-corrected chi connectivity index (χ2v) is 12.2. The molecule has 0 fully saturated rings. The van der Waals surface area contributed by atoms with Crippen LogP contribution in [0, 0.1) is 6.92 Å². The second kappa shape index (κ2) is 9.01. The molecule has 0 bridgehead atoms. The average molecular weight is 569 g/mol. The fraction of sp³-hybridized carbons (Fsp3) is 0.100. The molecule has 6 aromatic carbocycles. The molecule has 4 nitrogen and oxygen atoms in total. The number of anilines is 3. The highest BCUT2D eigenvalue weighted by atomic mass is 15.1. The van der Waals surface area contributed by atoms with Crippen LogP contribution in [0.15, 0.2) is 121 Å². The van der Waals surface area contributed by atoms with E-state index in [-0.39, 0.29) is 0 Å². The largest absolute Gasteiger partial charge is 0.344 e. The molecule has 0 atom stereocenters. The number of aryl methyl sites for hydroxylation is 4. The minimum Gasteiger partial charge on any atom is -0.344 e. The van der Waals surface area contributed by atoms with Crippen molar-refractivity contribution in [2.75, 3.05) is 4.90 Å². The lowest BCUT2D eigenvalue weighted by atomic mass is 10.1. The van der Waals surface area contributed by atoms with Crippen LogP contribution < -0.4 is 4.90 Å². The van der Waals surface area contributed by atoms with Crippen molar-refractivity contribution in [3.63, 3.8) is 0 Å². The van der Waals surface area contributed by atoms with Crippen molar-refractivity contribution in [3.05, 3.63) is 127 Å². The Labute approximate surface area is 255 Å². The van der Waals surface area contributed by atoms with Crippen LogP contribution in [0.3, 0.4) is 0 Å². The van der Waals surface area contributed by atoms with E-state index < -0.39 is 0 Å². The Morgan fingerprint density at radius 2 is 0.705 bits per heavy atom. The lowest BCUT2D eigenvalue weighted by Gasteiger charge is -2.26. The van der Waals surface area contributed by atoms with E-state index in [1.54, 1.807) is 0 Å². The second-order valence-electron chi connectivity index (χ2n) is 12.2. The van der Waals surface area contributed by atoms with Crippen molar-refractivity contribution in [1.29, 1.82) is 0 Å². The van der Waals surface area contributed by atoms with Gasteiger partial charge in [0.2, 0.25) is 0 Å². The average Bonchev–Trinajstić information content (AvgIpc) is 3.62. The van der Waals surface area contributed by atoms with Crippen LogP contribution >= 0.6 is 0 Å². The van der Waals surface area contributed by atoms with E-state index in [1.165, 1.54) is 71.0 Å². The molecule has 3 heterocycles. The summed E-state index contributed by atoms with van der Waals surface area (Å²) < 4.78 is 6.96. The van der Waals surface area contributed by atoms with E-state index >= 15 is 0 Å². The van der Waals surface area contributed by atoms with Gasteiger partial charge in [0.25, 0.3) is 0 Å². The number of rotatable bonds is 3. The van der Waals surface area contributed by atoms with E-state index in [0.29, 0.717) is 0 Å². The molecular weight excluding hydrogens is 536 g/mol. The van der Waals surface area contributed by atoms with Crippen LogP contribution in [0.25, 0.3) is 65.4 Å². The zero-order valence-corrected chi connectivity index (χ0v) is 25.3. The van der Waals surface area contributed by atoms with Gasteiger partial charge in [-0.25, -0.2) is 0 Å². The predicted molar refractivity (Wildman–Crippen MR) is 188 cm³/mol. The molecule has 9 aromatic rings. The monoisotopic (exact) mass is 568 g/mol. The molecule has 0 saturated carbocycles. The van der Waals surface area contributed by atoms with E-state index in [1.807, 2.05) is 0 Å². The Morgan fingerprint density at radius 1 is 0.364 bits per heavy atom. The van der Waals surface area contributed by atoms with E-state index in [0.717, 1.165) is 17.1 Å². The normalized spacial score (nSPS) is 12.1. The summed E-state index contributed by atoms with van der Waals surface area (Å²) >= 11 is 0. The third-order valence-corrected chi connectivity index (χ3v) is 9.72. The van der Waals surface area contributed by atoms with E-state index in [4.69, 9.17) is 0 Å². The fourth-order valence-electron chi connectivity index (χ4n) is 7.46. The van der Waals surface area contributed by atoms with Crippen molar-refractivity contribution in [2.45, 2.75) is 6.92 Å². The zero-order chi connectivity index (χ0) is 29.7. The first-order chi connectivity index (χ1) is 21.5. The summed E-state index contributed by atoms with van der Waals surface area (Å²) in [6.45, 7) is 2.16. The fourth-order valence-corrected chi connectivity index (χ4v) is 7.46. The molecule has 0 amide bonds. The molecule has 0 aliphatic rings. The first-order valence-corrected chi connectivity index (χ1v) is 15.2. The number of hydrogen-bond acceptors (Lipinski definition) is 1. The Balaban J connectivity index is 1.32. The van der Waals surface area contributed by atoms with Crippen molar-refractivity contribution >= 4 is 82.5 Å². The highest BCUT2D eigenvalue weighted by molar-refractivity contribution is 6.12. The first kappa shape index (κ1) is 25.1. The first-order valence-electron chi connectivity index (χ1n) is 15.2. The quantitative estimate of drug-likeness (QED) is 0.207. The molecular formula is C40H32N4. The van der Waals surface area contributed by atoms with Crippen LogP contribution in [0.2, 0.25) is 0 Å². The van der Waals surface area contributed by atoms with Gasteiger partial charge in [0.15, 0.2) is 0 Å². The van der Waals surface area contributed by atoms with E-state index in [2.05, 4.69) is 168 Å². The van der Waals surface area contributed by atoms with E-state index in [9.17, 15) is 0 Å². The van der Waals surface area contributed by atoms with Crippen LogP contribution in [0.5, 0.6) is 0 Å². The molecule has 0 radical (unpaired) electrons. The maximum absolute atomic E-state index is 2.41. The highest BCUT2D eigenvalue weighted by Crippen LogP contribution is 2.42. The number of nitrogens with zero attached hydrogens (tertiary/aromatic N) is 4. The number of benzene rings is 6. The Hall–Kier alpha value is -5.48. The molecule has 9 rings (SSSR count). The van der Waals surface area contributed by atoms with Gasteiger partial charge in [0, 0.05) is 87.1 Å². The van der Waals surface area contributed by atoms with Gasteiger partial charge in [-0.3, -0.25) is 0 Å². The smallest absolute Gasteiger partial charge is 0.0509 e. The SMILES string of the molecule is Cc1ccc2c3ccc(N(c4ccc5c6ccccc6n(C)c5c4)c4ccc5c6ccccc6n(C)c5c4)cc3n(C)c2c1. The lowest BCUT2D eigenvalue weighted by molar-refractivity contribution is 1.01. The highest BCUT2D eigenvalue weighted by Gasteiger charge is 2.19. The maximum Gasteiger partial charge on any atom is 0.0509 e. The summed E-state index contributed by atoms with van der Waals surface area (Å²) in [6.07, 6.45) is 0. The van der Waals surface area contributed by atoms with Gasteiger partial charge in [-0.2, -0.15) is 0 Å². The molecule has 44 heavy (non-hydrogen) atoms. The van der Waals surface area contributed by atoms with Gasteiger partial charge >= 0.3 is 0 Å². The molecule has 0 aliphatic heterocycles. The maximum atomic E-state index is 2.41. The standard InChI is InChI=1S/C40H32N4/c1-25-13-17-31-34-20-16-28(24-40(34)43(4)37(31)21-25)44(26-14-18-32-29-9-5-7-11-35(29)41(2)38(32)22-26)27-15-19-33-30-10-6-8-12-36(30)42(3)39(33)23-27/h5-24H,1-4H3. The Kier molecular flexibility index (Phi) is 5.13. The summed E-state index contributed by atoms with van der Waals surface area (Å²) in [6, 6.07) is 44.8. The van der Waals surface area contributed by atoms with Crippen molar-refractivity contribution in [2.24, 2.45) is 21.1 Å². The van der Waals surface area contributed by atoms with Crippen molar-refractivity contribution in [3.8, 4) is 0 Å². The summed E-state index contributed by atoms with van der Waals surface area (Å²) in [5.41, 5.74) is 12.1. The Morgan fingerprint density at radius 3 is 1.16 bits per heavy atom. The summed E-state index contributed by atoms with van der Waals surface area (Å²) in [5.74, 6) is 0. The molecule has 4 heteroatoms. The lowest BCUT2D eigenvalue weighted by Crippen LogP contribution is -2.10. The van der Waals surface area contributed by atoms with Gasteiger partial charge in [0.1, 0.15) is 0 Å². The van der Waals surface area contributed by atoms with Gasteiger partial charge in [-0.05, 0) is 67.1 Å². The third kappa shape index (κ3) is 3.39. The molecule has 0 spiro atoms. The third-order valence-electron chi connectivity index (χ3n) is 9.72. The van der Waals surface area contributed by atoms with Crippen molar-refractivity contribution < 1.29 is 0 Å². The zero-order valence-electron chi connectivity index (χ0n) is 25.3. The minimum atomic E-state index is 1.13. The number of aromatic nitrogens is 3. The number of para-hydroxylation sites is 2. The minimum absolute atomic E-state index is 1.13. The molecule has 0 N–H and O–H groups in total. The summed E-state index contributed by atoms with van der Waals surface area (Å²) in [7, 11) is 6.52. The summed E-state index contributed by atoms with van der Waals surface area (Å²) in [4.78, 5) is 2.41. The molecule has 212 valence electrons. The molecule has 0 aliphatic carbocycles. The topological polar surface area (TPSA) is 18.0 Å². The van der Waals surface area contributed by atoms with Gasteiger partial charge in [-0.15, -0.1) is 0 Å². The van der Waals surface area contributed by atoms with Gasteiger partial charge in [-0.1, -0.05) is 66.7 Å². The van der Waals surface area contributed by atoms with Crippen LogP contribution in [-0.4, -0.2) is 13.7 Å². The van der Waals surface area contributed by atoms with Crippen LogP contribution in [0.4, 0.5) is 17.1 Å². The van der Waals surface area contributed by atoms with Gasteiger partial charge in [0.05, 0.1) is 16.6 Å². The molecule has 0 saturated heterocycles. The molecule has 3 aromatic heterocycles. The van der Waals surface area contributed by atoms with Crippen LogP contribution in [-0.2, 0) is 21.1 Å². The number of fused-ring (bicyclic) bond motifs is 9.